The fraction of sp³-hybridized carbons (Fsp3) is 0.258. The van der Waals surface area contributed by atoms with Crippen LogP contribution in [-0.4, -0.2) is 33.8 Å². The van der Waals surface area contributed by atoms with E-state index in [0.29, 0.717) is 42.1 Å². The molecule has 0 aliphatic heterocycles. The van der Waals surface area contributed by atoms with E-state index in [1.807, 2.05) is 86.6 Å². The van der Waals surface area contributed by atoms with Gasteiger partial charge in [-0.15, -0.1) is 0 Å². The van der Waals surface area contributed by atoms with E-state index in [9.17, 15) is 9.90 Å². The summed E-state index contributed by atoms with van der Waals surface area (Å²) in [5.41, 5.74) is 9.18. The monoisotopic (exact) mass is 511 g/mol. The molecule has 7 heteroatoms. The molecule has 1 unspecified atom stereocenters. The van der Waals surface area contributed by atoms with Crippen molar-refractivity contribution in [1.29, 1.82) is 0 Å². The number of carboxylic acids is 1. The zero-order chi connectivity index (χ0) is 27.0. The van der Waals surface area contributed by atoms with Gasteiger partial charge in [-0.2, -0.15) is 0 Å². The molecule has 196 valence electrons. The zero-order valence-corrected chi connectivity index (χ0v) is 21.7. The average Bonchev–Trinajstić information content (AvgIpc) is 2.93. The molecule has 7 nitrogen and oxygen atoms in total. The summed E-state index contributed by atoms with van der Waals surface area (Å²) in [6, 6.07) is 28.6. The van der Waals surface area contributed by atoms with Crippen molar-refractivity contribution in [2.24, 2.45) is 5.73 Å². The maximum absolute atomic E-state index is 12.9. The summed E-state index contributed by atoms with van der Waals surface area (Å²) in [5.74, 6) is -1.18. The largest absolute Gasteiger partial charge is 0.478 e. The predicted molar refractivity (Wildman–Crippen MR) is 146 cm³/mol. The average molecular weight is 512 g/mol. The Hall–Kier alpha value is -4.07. The van der Waals surface area contributed by atoms with Gasteiger partial charge in [-0.3, -0.25) is 0 Å². The Balaban J connectivity index is 1.72. The minimum Gasteiger partial charge on any atom is -0.478 e. The Morgan fingerprint density at radius 1 is 0.868 bits per heavy atom. The predicted octanol–water partition coefficient (Wildman–Crippen LogP) is 4.98. The van der Waals surface area contributed by atoms with Crippen LogP contribution in [0.15, 0.2) is 91.0 Å². The van der Waals surface area contributed by atoms with Crippen LogP contribution < -0.4 is 10.5 Å². The number of carbonyl (C=O) groups is 1. The number of benzene rings is 3. The van der Waals surface area contributed by atoms with Crippen molar-refractivity contribution in [3.05, 3.63) is 125 Å². The summed E-state index contributed by atoms with van der Waals surface area (Å²) in [4.78, 5) is 21.6. The van der Waals surface area contributed by atoms with Crippen LogP contribution in [0.25, 0.3) is 0 Å². The van der Waals surface area contributed by atoms with Crippen LogP contribution in [0.1, 0.15) is 40.1 Å². The number of aryl methyl sites for hydroxylation is 3. The van der Waals surface area contributed by atoms with Crippen LogP contribution in [-0.2, 0) is 28.1 Å². The van der Waals surface area contributed by atoms with Gasteiger partial charge in [0.1, 0.15) is 0 Å². The third-order valence-electron chi connectivity index (χ3n) is 6.38. The van der Waals surface area contributed by atoms with Crippen LogP contribution in [0.5, 0.6) is 6.01 Å². The summed E-state index contributed by atoms with van der Waals surface area (Å²) in [6.07, 6.45) is -0.0173. The molecule has 0 aliphatic carbocycles. The van der Waals surface area contributed by atoms with E-state index in [-0.39, 0.29) is 6.01 Å². The molecular weight excluding hydrogens is 478 g/mol. The van der Waals surface area contributed by atoms with E-state index in [2.05, 4.69) is 22.1 Å². The van der Waals surface area contributed by atoms with E-state index < -0.39 is 17.7 Å². The highest BCUT2D eigenvalue weighted by Gasteiger charge is 2.50. The number of hydrogen-bond acceptors (Lipinski definition) is 6. The zero-order valence-electron chi connectivity index (χ0n) is 21.7. The minimum atomic E-state index is -1.46. The Bertz CT molecular complexity index is 1270. The van der Waals surface area contributed by atoms with Crippen LogP contribution in [0, 0.1) is 13.8 Å². The van der Waals surface area contributed by atoms with Crippen molar-refractivity contribution in [2.45, 2.75) is 44.9 Å². The quantitative estimate of drug-likeness (QED) is 0.258. The molecule has 0 saturated heterocycles. The Morgan fingerprint density at radius 2 is 1.39 bits per heavy atom. The first-order valence-corrected chi connectivity index (χ1v) is 12.7. The van der Waals surface area contributed by atoms with Crippen LogP contribution >= 0.6 is 0 Å². The van der Waals surface area contributed by atoms with E-state index in [1.54, 1.807) is 6.07 Å². The minimum absolute atomic E-state index is 0.00488. The molecule has 1 atom stereocenters. The molecule has 1 heterocycles. The molecule has 0 saturated carbocycles. The number of rotatable bonds is 12. The molecule has 0 radical (unpaired) electrons. The highest BCUT2D eigenvalue weighted by Crippen LogP contribution is 2.39. The van der Waals surface area contributed by atoms with Crippen LogP contribution in [0.4, 0.5) is 0 Å². The van der Waals surface area contributed by atoms with E-state index >= 15 is 0 Å². The topological polar surface area (TPSA) is 108 Å². The number of nitrogens with two attached hydrogens (primary N) is 1. The molecular formula is C31H33N3O4. The van der Waals surface area contributed by atoms with E-state index in [4.69, 9.17) is 15.2 Å². The first-order valence-electron chi connectivity index (χ1n) is 12.7. The lowest BCUT2D eigenvalue weighted by molar-refractivity contribution is -0.164. The molecule has 1 aromatic heterocycles. The van der Waals surface area contributed by atoms with Gasteiger partial charge >= 0.3 is 12.0 Å². The molecule has 4 aromatic rings. The van der Waals surface area contributed by atoms with Crippen molar-refractivity contribution in [3.8, 4) is 6.01 Å². The summed E-state index contributed by atoms with van der Waals surface area (Å²) in [6.45, 7) is 4.43. The molecule has 4 rings (SSSR count). The Morgan fingerprint density at radius 3 is 1.89 bits per heavy atom. The Labute approximate surface area is 223 Å². The number of hydrogen-bond donors (Lipinski definition) is 2. The molecule has 0 fully saturated rings. The summed E-state index contributed by atoms with van der Waals surface area (Å²) >= 11 is 0. The van der Waals surface area contributed by atoms with Gasteiger partial charge in [0.05, 0.1) is 0 Å². The SMILES string of the molecule is Cc1cc(C)nc(OC(C(=O)O)C(OCCCc2ccc(CN)cc2)(c2ccccc2)c2ccccc2)n1. The second-order valence-corrected chi connectivity index (χ2v) is 9.21. The number of aromatic nitrogens is 2. The van der Waals surface area contributed by atoms with Gasteiger partial charge in [0.15, 0.2) is 5.60 Å². The van der Waals surface area contributed by atoms with Crippen molar-refractivity contribution in [2.75, 3.05) is 6.61 Å². The van der Waals surface area contributed by atoms with Gasteiger partial charge in [-0.05, 0) is 55.0 Å². The lowest BCUT2D eigenvalue weighted by atomic mass is 9.81. The van der Waals surface area contributed by atoms with E-state index in [0.717, 1.165) is 17.5 Å². The van der Waals surface area contributed by atoms with Gasteiger partial charge in [-0.25, -0.2) is 14.8 Å². The normalized spacial score (nSPS) is 12.2. The van der Waals surface area contributed by atoms with Crippen LogP contribution in [0.2, 0.25) is 0 Å². The molecule has 0 aliphatic rings. The number of nitrogens with zero attached hydrogens (tertiary/aromatic N) is 2. The first-order chi connectivity index (χ1) is 18.4. The molecule has 0 amide bonds. The van der Waals surface area contributed by atoms with Gasteiger partial charge in [0, 0.05) is 24.5 Å². The molecule has 0 spiro atoms. The second-order valence-electron chi connectivity index (χ2n) is 9.21. The fourth-order valence-electron chi connectivity index (χ4n) is 4.59. The van der Waals surface area contributed by atoms with Crippen molar-refractivity contribution >= 4 is 5.97 Å². The van der Waals surface area contributed by atoms with Crippen LogP contribution in [0.3, 0.4) is 0 Å². The smallest absolute Gasteiger partial charge is 0.348 e. The number of carboxylic acid groups (broad SMARTS) is 1. The maximum Gasteiger partial charge on any atom is 0.348 e. The third kappa shape index (κ3) is 6.25. The molecule has 3 aromatic carbocycles. The van der Waals surface area contributed by atoms with Gasteiger partial charge in [0.2, 0.25) is 6.10 Å². The fourth-order valence-corrected chi connectivity index (χ4v) is 4.59. The highest BCUT2D eigenvalue weighted by atomic mass is 16.6. The van der Waals surface area contributed by atoms with Crippen molar-refractivity contribution in [3.63, 3.8) is 0 Å². The molecule has 3 N–H and O–H groups in total. The molecule has 38 heavy (non-hydrogen) atoms. The maximum atomic E-state index is 12.9. The lowest BCUT2D eigenvalue weighted by Crippen LogP contribution is -2.51. The lowest BCUT2D eigenvalue weighted by Gasteiger charge is -2.39. The first kappa shape index (κ1) is 27.0. The summed E-state index contributed by atoms with van der Waals surface area (Å²) in [5, 5.41) is 10.5. The number of aliphatic carboxylic acids is 1. The van der Waals surface area contributed by atoms with Crippen molar-refractivity contribution in [1.82, 2.24) is 9.97 Å². The van der Waals surface area contributed by atoms with Gasteiger partial charge < -0.3 is 20.3 Å². The number of ether oxygens (including phenoxy) is 2. The molecule has 0 bridgehead atoms. The highest BCUT2D eigenvalue weighted by molar-refractivity contribution is 5.76. The van der Waals surface area contributed by atoms with Gasteiger partial charge in [-0.1, -0.05) is 84.9 Å². The summed E-state index contributed by atoms with van der Waals surface area (Å²) < 4.78 is 12.7. The second kappa shape index (κ2) is 12.4. The van der Waals surface area contributed by atoms with Crippen molar-refractivity contribution < 1.29 is 19.4 Å². The van der Waals surface area contributed by atoms with Gasteiger partial charge in [0.25, 0.3) is 0 Å². The standard InChI is InChI=1S/C31H33N3O4/c1-22-20-23(2)34-30(33-22)38-28(29(35)36)31(26-11-5-3-6-12-26,27-13-7-4-8-14-27)37-19-9-10-24-15-17-25(21-32)18-16-24/h3-8,11-18,20,28H,9-10,19,21,32H2,1-2H3,(H,35,36). The third-order valence-corrected chi connectivity index (χ3v) is 6.38. The van der Waals surface area contributed by atoms with E-state index in [1.165, 1.54) is 0 Å². The summed E-state index contributed by atoms with van der Waals surface area (Å²) in [7, 11) is 0. The Kier molecular flexibility index (Phi) is 8.84.